The Morgan fingerprint density at radius 1 is 1.46 bits per heavy atom. The van der Waals surface area contributed by atoms with E-state index in [4.69, 9.17) is 11.6 Å². The van der Waals surface area contributed by atoms with Gasteiger partial charge in [-0.15, -0.1) is 0 Å². The van der Waals surface area contributed by atoms with Crippen molar-refractivity contribution in [2.24, 2.45) is 7.05 Å². The largest absolute Gasteiger partial charge is 0.265 e. The van der Waals surface area contributed by atoms with E-state index < -0.39 is 0 Å². The van der Waals surface area contributed by atoms with Crippen LogP contribution < -0.4 is 0 Å². The third-order valence-electron chi connectivity index (χ3n) is 2.04. The molecule has 1 aromatic carbocycles. The number of aryl methyl sites for hydroxylation is 2. The average Bonchev–Trinajstić information content (AvgIpc) is 2.27. The molecule has 0 spiro atoms. The number of aromatic nitrogens is 2. The first-order valence-corrected chi connectivity index (χ1v) is 4.26. The lowest BCUT2D eigenvalue weighted by molar-refractivity contribution is 0.625. The molecule has 1 heterocycles. The standard InChI is InChI=1S/C9H8ClFN2/c1-5-7-3-6(10)4-8(11)9(7)13(2)12-5/h3-4H,1-2H3. The zero-order valence-corrected chi connectivity index (χ0v) is 8.06. The van der Waals surface area contributed by atoms with E-state index in [1.807, 2.05) is 6.92 Å². The number of fused-ring (bicyclic) bond motifs is 1. The molecule has 0 unspecified atom stereocenters. The lowest BCUT2D eigenvalue weighted by Gasteiger charge is -1.96. The smallest absolute Gasteiger partial charge is 0.150 e. The Labute approximate surface area is 79.9 Å². The minimum atomic E-state index is -0.328. The van der Waals surface area contributed by atoms with Gasteiger partial charge in [0, 0.05) is 17.5 Å². The third-order valence-corrected chi connectivity index (χ3v) is 2.26. The number of hydrogen-bond acceptors (Lipinski definition) is 1. The van der Waals surface area contributed by atoms with Crippen LogP contribution in [0.3, 0.4) is 0 Å². The lowest BCUT2D eigenvalue weighted by Crippen LogP contribution is -1.91. The molecule has 0 saturated carbocycles. The summed E-state index contributed by atoms with van der Waals surface area (Å²) in [6.45, 7) is 1.83. The van der Waals surface area contributed by atoms with E-state index >= 15 is 0 Å². The summed E-state index contributed by atoms with van der Waals surface area (Å²) < 4.78 is 14.9. The van der Waals surface area contributed by atoms with Crippen molar-refractivity contribution in [1.82, 2.24) is 9.78 Å². The van der Waals surface area contributed by atoms with Crippen LogP contribution in [-0.2, 0) is 7.05 Å². The molecule has 0 fully saturated rings. The summed E-state index contributed by atoms with van der Waals surface area (Å²) in [6.07, 6.45) is 0. The fourth-order valence-corrected chi connectivity index (χ4v) is 1.70. The Balaban J connectivity index is 2.97. The SMILES string of the molecule is Cc1nn(C)c2c(F)cc(Cl)cc12. The van der Waals surface area contributed by atoms with Gasteiger partial charge in [-0.2, -0.15) is 5.10 Å². The number of hydrogen-bond donors (Lipinski definition) is 0. The van der Waals surface area contributed by atoms with Crippen molar-refractivity contribution in [1.29, 1.82) is 0 Å². The lowest BCUT2D eigenvalue weighted by atomic mass is 10.2. The fraction of sp³-hybridized carbons (Fsp3) is 0.222. The highest BCUT2D eigenvalue weighted by Crippen LogP contribution is 2.24. The number of benzene rings is 1. The monoisotopic (exact) mass is 198 g/mol. The molecule has 0 N–H and O–H groups in total. The maximum absolute atomic E-state index is 13.4. The Kier molecular flexibility index (Phi) is 1.77. The minimum absolute atomic E-state index is 0.328. The van der Waals surface area contributed by atoms with E-state index in [-0.39, 0.29) is 5.82 Å². The zero-order valence-electron chi connectivity index (χ0n) is 7.31. The topological polar surface area (TPSA) is 17.8 Å². The molecule has 2 rings (SSSR count). The van der Waals surface area contributed by atoms with Gasteiger partial charge in [-0.3, -0.25) is 4.68 Å². The van der Waals surface area contributed by atoms with Crippen LogP contribution in [0.1, 0.15) is 5.69 Å². The van der Waals surface area contributed by atoms with Crippen LogP contribution in [-0.4, -0.2) is 9.78 Å². The van der Waals surface area contributed by atoms with E-state index in [1.165, 1.54) is 10.7 Å². The molecule has 0 aliphatic carbocycles. The molecule has 0 aliphatic rings. The highest BCUT2D eigenvalue weighted by Gasteiger charge is 2.10. The number of nitrogens with zero attached hydrogens (tertiary/aromatic N) is 2. The maximum atomic E-state index is 13.4. The number of rotatable bonds is 0. The Morgan fingerprint density at radius 2 is 2.15 bits per heavy atom. The van der Waals surface area contributed by atoms with Gasteiger partial charge in [-0.1, -0.05) is 11.6 Å². The highest BCUT2D eigenvalue weighted by atomic mass is 35.5. The summed E-state index contributed by atoms with van der Waals surface area (Å²) in [5, 5.41) is 5.28. The van der Waals surface area contributed by atoms with Gasteiger partial charge in [-0.05, 0) is 19.1 Å². The molecule has 4 heteroatoms. The van der Waals surface area contributed by atoms with Gasteiger partial charge in [0.1, 0.15) is 5.52 Å². The Bertz CT molecular complexity index is 476. The van der Waals surface area contributed by atoms with E-state index in [2.05, 4.69) is 5.10 Å². The first-order valence-electron chi connectivity index (χ1n) is 3.88. The second kappa shape index (κ2) is 2.70. The second-order valence-corrected chi connectivity index (χ2v) is 3.43. The summed E-state index contributed by atoms with van der Waals surface area (Å²) >= 11 is 5.73. The summed E-state index contributed by atoms with van der Waals surface area (Å²) in [7, 11) is 1.71. The summed E-state index contributed by atoms with van der Waals surface area (Å²) in [4.78, 5) is 0. The van der Waals surface area contributed by atoms with Crippen LogP contribution >= 0.6 is 11.6 Å². The molecule has 0 bridgehead atoms. The molecule has 2 aromatic rings. The van der Waals surface area contributed by atoms with Crippen LogP contribution in [0, 0.1) is 12.7 Å². The molecule has 13 heavy (non-hydrogen) atoms. The molecule has 0 atom stereocenters. The normalized spacial score (nSPS) is 11.1. The van der Waals surface area contributed by atoms with E-state index in [0.717, 1.165) is 11.1 Å². The molecule has 0 saturated heterocycles. The molecule has 0 radical (unpaired) electrons. The van der Waals surface area contributed by atoms with E-state index in [1.54, 1.807) is 13.1 Å². The first-order chi connectivity index (χ1) is 6.09. The van der Waals surface area contributed by atoms with Crippen LogP contribution in [0.5, 0.6) is 0 Å². The van der Waals surface area contributed by atoms with E-state index in [9.17, 15) is 4.39 Å². The third kappa shape index (κ3) is 1.20. The summed E-state index contributed by atoms with van der Waals surface area (Å²) in [5.74, 6) is -0.328. The Morgan fingerprint density at radius 3 is 2.85 bits per heavy atom. The van der Waals surface area contributed by atoms with Gasteiger partial charge >= 0.3 is 0 Å². The molecule has 0 aliphatic heterocycles. The van der Waals surface area contributed by atoms with Gasteiger partial charge < -0.3 is 0 Å². The average molecular weight is 199 g/mol. The number of halogens is 2. The van der Waals surface area contributed by atoms with Crippen LogP contribution in [0.4, 0.5) is 4.39 Å². The van der Waals surface area contributed by atoms with Gasteiger partial charge in [0.05, 0.1) is 5.69 Å². The van der Waals surface area contributed by atoms with Crippen molar-refractivity contribution in [3.8, 4) is 0 Å². The van der Waals surface area contributed by atoms with Crippen LogP contribution in [0.2, 0.25) is 5.02 Å². The predicted molar refractivity (Wildman–Crippen MR) is 50.4 cm³/mol. The zero-order chi connectivity index (χ0) is 9.59. The molecule has 68 valence electrons. The molecule has 0 amide bonds. The van der Waals surface area contributed by atoms with E-state index in [0.29, 0.717) is 10.5 Å². The second-order valence-electron chi connectivity index (χ2n) is 2.99. The van der Waals surface area contributed by atoms with Crippen molar-refractivity contribution >= 4 is 22.5 Å². The fourth-order valence-electron chi connectivity index (χ4n) is 1.50. The van der Waals surface area contributed by atoms with Crippen LogP contribution in [0.25, 0.3) is 10.9 Å². The molecular weight excluding hydrogens is 191 g/mol. The summed E-state index contributed by atoms with van der Waals surface area (Å²) in [5.41, 5.74) is 1.29. The van der Waals surface area contributed by atoms with Gasteiger partial charge in [0.25, 0.3) is 0 Å². The minimum Gasteiger partial charge on any atom is -0.265 e. The summed E-state index contributed by atoms with van der Waals surface area (Å²) in [6, 6.07) is 3.02. The van der Waals surface area contributed by atoms with Crippen molar-refractivity contribution in [3.63, 3.8) is 0 Å². The molecule has 1 aromatic heterocycles. The maximum Gasteiger partial charge on any atom is 0.150 e. The van der Waals surface area contributed by atoms with Gasteiger partial charge in [-0.25, -0.2) is 4.39 Å². The first kappa shape index (κ1) is 8.51. The quantitative estimate of drug-likeness (QED) is 0.637. The molecule has 2 nitrogen and oxygen atoms in total. The van der Waals surface area contributed by atoms with Gasteiger partial charge in [0.2, 0.25) is 0 Å². The highest BCUT2D eigenvalue weighted by molar-refractivity contribution is 6.31. The van der Waals surface area contributed by atoms with Gasteiger partial charge in [0.15, 0.2) is 5.82 Å². The molecular formula is C9H8ClFN2. The van der Waals surface area contributed by atoms with Crippen molar-refractivity contribution in [3.05, 3.63) is 28.7 Å². The van der Waals surface area contributed by atoms with Crippen molar-refractivity contribution < 1.29 is 4.39 Å². The van der Waals surface area contributed by atoms with Crippen LogP contribution in [0.15, 0.2) is 12.1 Å². The van der Waals surface area contributed by atoms with Crippen molar-refractivity contribution in [2.45, 2.75) is 6.92 Å². The Hall–Kier alpha value is -1.09. The predicted octanol–water partition coefficient (Wildman–Crippen LogP) is 2.67. The van der Waals surface area contributed by atoms with Crippen molar-refractivity contribution in [2.75, 3.05) is 0 Å².